The summed E-state index contributed by atoms with van der Waals surface area (Å²) in [5.74, 6) is 0.820. The van der Waals surface area contributed by atoms with Gasteiger partial charge in [0, 0.05) is 24.1 Å². The molecule has 2 aromatic heterocycles. The van der Waals surface area contributed by atoms with E-state index in [4.69, 9.17) is 14.4 Å². The molecule has 2 fully saturated rings. The summed E-state index contributed by atoms with van der Waals surface area (Å²) in [5, 5.41) is 13.1. The summed E-state index contributed by atoms with van der Waals surface area (Å²) >= 11 is 0. The van der Waals surface area contributed by atoms with Crippen molar-refractivity contribution in [3.8, 4) is 11.4 Å². The van der Waals surface area contributed by atoms with E-state index < -0.39 is 11.2 Å². The van der Waals surface area contributed by atoms with Crippen LogP contribution < -0.4 is 11.2 Å². The highest BCUT2D eigenvalue weighted by atomic mass is 16.5. The number of nitrogens with one attached hydrogen (secondary N) is 1. The zero-order valence-electron chi connectivity index (χ0n) is 15.1. The smallest absolute Gasteiger partial charge is 0.328 e. The van der Waals surface area contributed by atoms with Crippen LogP contribution in [0.25, 0.3) is 11.4 Å². The lowest BCUT2D eigenvalue weighted by atomic mass is 9.64. The van der Waals surface area contributed by atoms with Crippen LogP contribution in [0.1, 0.15) is 50.3 Å². The third-order valence-electron chi connectivity index (χ3n) is 5.86. The van der Waals surface area contributed by atoms with E-state index >= 15 is 0 Å². The van der Waals surface area contributed by atoms with Crippen molar-refractivity contribution >= 4 is 0 Å². The molecule has 0 amide bonds. The van der Waals surface area contributed by atoms with E-state index in [1.165, 1.54) is 30.0 Å². The van der Waals surface area contributed by atoms with Crippen molar-refractivity contribution in [3.63, 3.8) is 0 Å². The number of hydrogen-bond acceptors (Lipinski definition) is 7. The van der Waals surface area contributed by atoms with Crippen molar-refractivity contribution in [2.45, 2.75) is 51.0 Å². The minimum absolute atomic E-state index is 0.0302. The van der Waals surface area contributed by atoms with Gasteiger partial charge in [0.05, 0.1) is 19.8 Å². The Hall–Kier alpha value is -2.26. The normalized spacial score (nSPS) is 22.2. The molecule has 1 aliphatic heterocycles. The number of aromatic nitrogens is 4. The molecule has 0 radical (unpaired) electrons. The van der Waals surface area contributed by atoms with E-state index in [9.17, 15) is 9.59 Å². The topological polar surface area (TPSA) is 123 Å². The molecule has 9 nitrogen and oxygen atoms in total. The molecule has 2 aromatic rings. The van der Waals surface area contributed by atoms with E-state index in [0.717, 1.165) is 19.3 Å². The number of ether oxygens (including phenoxy) is 1. The highest BCUT2D eigenvalue weighted by Crippen LogP contribution is 2.50. The van der Waals surface area contributed by atoms with Crippen LogP contribution in [0.5, 0.6) is 0 Å². The number of nitrogens with zero attached hydrogens (tertiary/aromatic N) is 3. The fourth-order valence-corrected chi connectivity index (χ4v) is 4.45. The van der Waals surface area contributed by atoms with Gasteiger partial charge in [-0.1, -0.05) is 24.4 Å². The summed E-state index contributed by atoms with van der Waals surface area (Å²) in [5.41, 5.74) is -0.960. The molecule has 1 saturated carbocycles. The standard InChI is InChI=1S/C18H24N4O5/c23-8-7-22-10-12(15(24)20-17(22)25)14-19-16(27-21-14)13-4-9-26-11-18(13)5-2-1-3-6-18/h10,13,23H,1-9,11H2,(H,20,24,25). The van der Waals surface area contributed by atoms with Crippen LogP contribution in [0.3, 0.4) is 0 Å². The van der Waals surface area contributed by atoms with Crippen molar-refractivity contribution in [3.05, 3.63) is 32.9 Å². The predicted molar refractivity (Wildman–Crippen MR) is 95.4 cm³/mol. The maximum absolute atomic E-state index is 12.2. The summed E-state index contributed by atoms with van der Waals surface area (Å²) in [4.78, 5) is 30.7. The van der Waals surface area contributed by atoms with Gasteiger partial charge in [0.15, 0.2) is 0 Å². The Morgan fingerprint density at radius 2 is 2.11 bits per heavy atom. The van der Waals surface area contributed by atoms with Crippen molar-refractivity contribution in [2.24, 2.45) is 5.41 Å². The second kappa shape index (κ2) is 7.40. The largest absolute Gasteiger partial charge is 0.395 e. The Bertz CT molecular complexity index is 901. The molecule has 4 rings (SSSR count). The quantitative estimate of drug-likeness (QED) is 0.817. The molecule has 0 aromatic carbocycles. The van der Waals surface area contributed by atoms with Gasteiger partial charge < -0.3 is 14.4 Å². The van der Waals surface area contributed by atoms with Gasteiger partial charge in [-0.3, -0.25) is 14.3 Å². The monoisotopic (exact) mass is 376 g/mol. The lowest BCUT2D eigenvalue weighted by Gasteiger charge is -2.44. The maximum atomic E-state index is 12.2. The SMILES string of the molecule is O=c1[nH]c(=O)n(CCO)cc1-c1noc(C2CCOCC23CCCCC3)n1. The number of aliphatic hydroxyl groups is 1. The number of aromatic amines is 1. The molecule has 1 unspecified atom stereocenters. The molecule has 9 heteroatoms. The predicted octanol–water partition coefficient (Wildman–Crippen LogP) is 1.03. The van der Waals surface area contributed by atoms with Crippen LogP contribution in [0.2, 0.25) is 0 Å². The summed E-state index contributed by atoms with van der Waals surface area (Å²) in [6.45, 7) is 1.23. The summed E-state index contributed by atoms with van der Waals surface area (Å²) in [7, 11) is 0. The van der Waals surface area contributed by atoms with E-state index in [1.54, 1.807) is 0 Å². The van der Waals surface area contributed by atoms with Crippen LogP contribution in [0.4, 0.5) is 0 Å². The molecule has 2 N–H and O–H groups in total. The Morgan fingerprint density at radius 3 is 2.89 bits per heavy atom. The molecule has 1 saturated heterocycles. The zero-order valence-corrected chi connectivity index (χ0v) is 15.1. The van der Waals surface area contributed by atoms with Gasteiger partial charge in [-0.25, -0.2) is 4.79 Å². The Balaban J connectivity index is 1.68. The van der Waals surface area contributed by atoms with Crippen LogP contribution >= 0.6 is 0 Å². The lowest BCUT2D eigenvalue weighted by molar-refractivity contribution is -0.0529. The van der Waals surface area contributed by atoms with Crippen LogP contribution in [0, 0.1) is 5.41 Å². The molecular formula is C18H24N4O5. The molecule has 3 heterocycles. The van der Waals surface area contributed by atoms with E-state index in [0.29, 0.717) is 19.1 Å². The summed E-state index contributed by atoms with van der Waals surface area (Å²) in [6.07, 6.45) is 7.94. The van der Waals surface area contributed by atoms with Crippen molar-refractivity contribution in [1.82, 2.24) is 19.7 Å². The van der Waals surface area contributed by atoms with E-state index in [-0.39, 0.29) is 35.9 Å². The highest BCUT2D eigenvalue weighted by molar-refractivity contribution is 5.50. The Kier molecular flexibility index (Phi) is 4.96. The van der Waals surface area contributed by atoms with Crippen molar-refractivity contribution < 1.29 is 14.4 Å². The third-order valence-corrected chi connectivity index (χ3v) is 5.86. The molecule has 27 heavy (non-hydrogen) atoms. The van der Waals surface area contributed by atoms with Crippen molar-refractivity contribution in [1.29, 1.82) is 0 Å². The number of aliphatic hydroxyl groups excluding tert-OH is 1. The first-order valence-electron chi connectivity index (χ1n) is 9.49. The summed E-state index contributed by atoms with van der Waals surface area (Å²) in [6, 6.07) is 0. The minimum Gasteiger partial charge on any atom is -0.395 e. The van der Waals surface area contributed by atoms with Gasteiger partial charge >= 0.3 is 5.69 Å². The van der Waals surface area contributed by atoms with E-state index in [2.05, 4.69) is 15.1 Å². The molecular weight excluding hydrogens is 352 g/mol. The van der Waals surface area contributed by atoms with Gasteiger partial charge in [0.1, 0.15) is 5.56 Å². The lowest BCUT2D eigenvalue weighted by Crippen LogP contribution is -2.40. The maximum Gasteiger partial charge on any atom is 0.328 e. The van der Waals surface area contributed by atoms with Crippen molar-refractivity contribution in [2.75, 3.05) is 19.8 Å². The average molecular weight is 376 g/mol. The number of H-pyrrole nitrogens is 1. The Morgan fingerprint density at radius 1 is 1.30 bits per heavy atom. The first kappa shape index (κ1) is 18.1. The molecule has 146 valence electrons. The molecule has 1 spiro atoms. The van der Waals surface area contributed by atoms with Gasteiger partial charge in [0.25, 0.3) is 5.56 Å². The third kappa shape index (κ3) is 3.37. The second-order valence-corrected chi connectivity index (χ2v) is 7.49. The molecule has 0 bridgehead atoms. The van der Waals surface area contributed by atoms with Crippen LogP contribution in [0.15, 0.2) is 20.3 Å². The first-order chi connectivity index (χ1) is 13.1. The fraction of sp³-hybridized carbons (Fsp3) is 0.667. The highest BCUT2D eigenvalue weighted by Gasteiger charge is 2.45. The van der Waals surface area contributed by atoms with Gasteiger partial charge in [-0.2, -0.15) is 4.98 Å². The second-order valence-electron chi connectivity index (χ2n) is 7.49. The number of rotatable bonds is 4. The first-order valence-corrected chi connectivity index (χ1v) is 9.49. The van der Waals surface area contributed by atoms with Gasteiger partial charge in [-0.15, -0.1) is 0 Å². The summed E-state index contributed by atoms with van der Waals surface area (Å²) < 4.78 is 12.6. The molecule has 1 aliphatic carbocycles. The number of hydrogen-bond donors (Lipinski definition) is 2. The Labute approximate surface area is 155 Å². The van der Waals surface area contributed by atoms with Crippen LogP contribution in [-0.4, -0.2) is 44.6 Å². The zero-order chi connectivity index (χ0) is 18.9. The average Bonchev–Trinajstić information content (AvgIpc) is 3.14. The van der Waals surface area contributed by atoms with E-state index in [1.807, 2.05) is 0 Å². The van der Waals surface area contributed by atoms with Gasteiger partial charge in [-0.05, 0) is 19.3 Å². The fourth-order valence-electron chi connectivity index (χ4n) is 4.45. The minimum atomic E-state index is -0.577. The van der Waals surface area contributed by atoms with Gasteiger partial charge in [0.2, 0.25) is 11.7 Å². The van der Waals surface area contributed by atoms with Crippen LogP contribution in [-0.2, 0) is 11.3 Å². The molecule has 1 atom stereocenters. The molecule has 2 aliphatic rings.